The number of halogens is 1. The third-order valence-corrected chi connectivity index (χ3v) is 3.58. The minimum absolute atomic E-state index is 0.0965. The van der Waals surface area contributed by atoms with Crippen LogP contribution in [0.4, 0.5) is 14.9 Å². The quantitative estimate of drug-likeness (QED) is 0.800. The number of hydrogen-bond acceptors (Lipinski definition) is 3. The van der Waals surface area contributed by atoms with Gasteiger partial charge in [0.1, 0.15) is 11.4 Å². The number of ether oxygens (including phenoxy) is 1. The Hall–Kier alpha value is -2.40. The highest BCUT2D eigenvalue weighted by Gasteiger charge is 2.16. The van der Waals surface area contributed by atoms with E-state index in [1.54, 1.807) is 12.1 Å². The van der Waals surface area contributed by atoms with Crippen LogP contribution in [0.5, 0.6) is 0 Å². The summed E-state index contributed by atoms with van der Waals surface area (Å²) in [4.78, 5) is 11.7. The van der Waals surface area contributed by atoms with Crippen LogP contribution in [0.15, 0.2) is 48.5 Å². The van der Waals surface area contributed by atoms with Crippen LogP contribution in [0.1, 0.15) is 44.9 Å². The van der Waals surface area contributed by atoms with Crippen LogP contribution in [-0.4, -0.2) is 11.7 Å². The predicted molar refractivity (Wildman–Crippen MR) is 98.0 cm³/mol. The van der Waals surface area contributed by atoms with E-state index >= 15 is 0 Å². The second-order valence-corrected chi connectivity index (χ2v) is 6.95. The van der Waals surface area contributed by atoms with Gasteiger partial charge in [-0.3, -0.25) is 5.32 Å². The summed E-state index contributed by atoms with van der Waals surface area (Å²) >= 11 is 0. The van der Waals surface area contributed by atoms with E-state index in [9.17, 15) is 9.18 Å². The lowest BCUT2D eigenvalue weighted by atomic mass is 10.1. The van der Waals surface area contributed by atoms with E-state index in [2.05, 4.69) is 10.6 Å². The van der Waals surface area contributed by atoms with Crippen molar-refractivity contribution in [2.45, 2.75) is 45.9 Å². The molecule has 0 heterocycles. The summed E-state index contributed by atoms with van der Waals surface area (Å²) in [5, 5.41) is 5.99. The van der Waals surface area contributed by atoms with Crippen molar-refractivity contribution < 1.29 is 13.9 Å². The number of rotatable bonds is 5. The Labute approximate surface area is 148 Å². The summed E-state index contributed by atoms with van der Waals surface area (Å²) in [7, 11) is 0. The van der Waals surface area contributed by atoms with Crippen molar-refractivity contribution in [2.24, 2.45) is 0 Å². The average Bonchev–Trinajstić information content (AvgIpc) is 2.52. The molecule has 0 spiro atoms. The van der Waals surface area contributed by atoms with Crippen molar-refractivity contribution in [1.82, 2.24) is 5.32 Å². The van der Waals surface area contributed by atoms with Crippen LogP contribution in [0.25, 0.3) is 0 Å². The topological polar surface area (TPSA) is 50.4 Å². The molecule has 1 amide bonds. The first-order valence-corrected chi connectivity index (χ1v) is 8.31. The zero-order chi connectivity index (χ0) is 18.4. The first kappa shape index (κ1) is 18.9. The van der Waals surface area contributed by atoms with Gasteiger partial charge in [-0.2, -0.15) is 0 Å². The van der Waals surface area contributed by atoms with E-state index in [0.29, 0.717) is 17.8 Å². The molecule has 2 aromatic carbocycles. The molecule has 1 atom stereocenters. The van der Waals surface area contributed by atoms with Crippen LogP contribution in [0.3, 0.4) is 0 Å². The van der Waals surface area contributed by atoms with Crippen LogP contribution in [0.2, 0.25) is 0 Å². The molecule has 0 aliphatic heterocycles. The third kappa shape index (κ3) is 6.19. The third-order valence-electron chi connectivity index (χ3n) is 3.58. The molecule has 134 valence electrons. The number of anilines is 1. The smallest absolute Gasteiger partial charge is 0.412 e. The van der Waals surface area contributed by atoms with E-state index in [1.165, 1.54) is 6.07 Å². The highest BCUT2D eigenvalue weighted by molar-refractivity contribution is 5.84. The molecule has 0 aliphatic carbocycles. The van der Waals surface area contributed by atoms with Gasteiger partial charge in [0.25, 0.3) is 0 Å². The summed E-state index contributed by atoms with van der Waals surface area (Å²) in [6, 6.07) is 14.1. The minimum atomic E-state index is -0.531. The molecular formula is C20H25FN2O2. The highest BCUT2D eigenvalue weighted by Crippen LogP contribution is 2.17. The van der Waals surface area contributed by atoms with E-state index in [-0.39, 0.29) is 11.9 Å². The molecule has 0 radical (unpaired) electrons. The Bertz CT molecular complexity index is 708. The van der Waals surface area contributed by atoms with Gasteiger partial charge >= 0.3 is 6.09 Å². The van der Waals surface area contributed by atoms with Gasteiger partial charge in [0.15, 0.2) is 0 Å². The highest BCUT2D eigenvalue weighted by atomic mass is 19.1. The Morgan fingerprint density at radius 1 is 1.12 bits per heavy atom. The second-order valence-electron chi connectivity index (χ2n) is 6.95. The molecule has 2 aromatic rings. The van der Waals surface area contributed by atoms with Gasteiger partial charge in [0.2, 0.25) is 0 Å². The molecule has 4 nitrogen and oxygen atoms in total. The van der Waals surface area contributed by atoms with Crippen molar-refractivity contribution in [2.75, 3.05) is 5.32 Å². The van der Waals surface area contributed by atoms with Crippen molar-refractivity contribution >= 4 is 11.8 Å². The number of nitrogens with one attached hydrogen (secondary N) is 2. The molecule has 25 heavy (non-hydrogen) atoms. The number of carbonyl (C=O) groups is 1. The normalized spacial score (nSPS) is 12.5. The number of hydrogen-bond donors (Lipinski definition) is 2. The number of benzene rings is 2. The maximum Gasteiger partial charge on any atom is 0.412 e. The fourth-order valence-corrected chi connectivity index (χ4v) is 2.33. The van der Waals surface area contributed by atoms with Crippen molar-refractivity contribution in [1.29, 1.82) is 0 Å². The molecule has 2 rings (SSSR count). The fourth-order valence-electron chi connectivity index (χ4n) is 2.33. The lowest BCUT2D eigenvalue weighted by Crippen LogP contribution is -2.27. The summed E-state index contributed by atoms with van der Waals surface area (Å²) < 4.78 is 19.0. The lowest BCUT2D eigenvalue weighted by molar-refractivity contribution is 0.0636. The molecule has 5 heteroatoms. The summed E-state index contributed by atoms with van der Waals surface area (Å²) in [6.45, 7) is 7.98. The van der Waals surface area contributed by atoms with Crippen LogP contribution in [-0.2, 0) is 11.3 Å². The molecule has 0 aromatic heterocycles. The molecule has 0 bridgehead atoms. The summed E-state index contributed by atoms with van der Waals surface area (Å²) in [5.74, 6) is -0.209. The van der Waals surface area contributed by atoms with Crippen molar-refractivity contribution in [3.8, 4) is 0 Å². The Morgan fingerprint density at radius 3 is 2.36 bits per heavy atom. The fraction of sp³-hybridized carbons (Fsp3) is 0.350. The van der Waals surface area contributed by atoms with Gasteiger partial charge in [-0.05, 0) is 51.5 Å². The molecule has 0 fully saturated rings. The van der Waals surface area contributed by atoms with E-state index in [4.69, 9.17) is 4.74 Å². The largest absolute Gasteiger partial charge is 0.444 e. The Morgan fingerprint density at radius 2 is 1.76 bits per heavy atom. The maximum atomic E-state index is 13.8. The van der Waals surface area contributed by atoms with E-state index in [0.717, 1.165) is 5.56 Å². The molecule has 0 aliphatic rings. The molecule has 0 saturated carbocycles. The zero-order valence-electron chi connectivity index (χ0n) is 15.1. The number of amides is 1. The van der Waals surface area contributed by atoms with Crippen LogP contribution >= 0.6 is 0 Å². The first-order chi connectivity index (χ1) is 11.7. The SMILES string of the molecule is CC(NCc1ccc(NC(=O)OC(C)(C)C)cc1)c1ccccc1F. The number of carbonyl (C=O) groups excluding carboxylic acids is 1. The molecule has 2 N–H and O–H groups in total. The van der Waals surface area contributed by atoms with E-state index < -0.39 is 11.7 Å². The Kier molecular flexibility index (Phi) is 6.15. The van der Waals surface area contributed by atoms with Gasteiger partial charge in [0.05, 0.1) is 0 Å². The maximum absolute atomic E-state index is 13.8. The lowest BCUT2D eigenvalue weighted by Gasteiger charge is -2.19. The average molecular weight is 344 g/mol. The standard InChI is InChI=1S/C20H25FN2O2/c1-14(17-7-5-6-8-18(17)21)22-13-15-9-11-16(12-10-15)23-19(24)25-20(2,3)4/h5-12,14,22H,13H2,1-4H3,(H,23,24). The van der Waals surface area contributed by atoms with Crippen molar-refractivity contribution in [3.05, 3.63) is 65.5 Å². The van der Waals surface area contributed by atoms with Gasteiger partial charge in [0, 0.05) is 23.8 Å². The predicted octanol–water partition coefficient (Wildman–Crippen LogP) is 5.02. The van der Waals surface area contributed by atoms with Gasteiger partial charge in [-0.1, -0.05) is 30.3 Å². The zero-order valence-corrected chi connectivity index (χ0v) is 15.1. The van der Waals surface area contributed by atoms with Crippen LogP contribution in [0, 0.1) is 5.82 Å². The molecule has 1 unspecified atom stereocenters. The van der Waals surface area contributed by atoms with Gasteiger partial charge < -0.3 is 10.1 Å². The summed E-state index contributed by atoms with van der Waals surface area (Å²) in [5.41, 5.74) is 1.82. The minimum Gasteiger partial charge on any atom is -0.444 e. The van der Waals surface area contributed by atoms with Crippen molar-refractivity contribution in [3.63, 3.8) is 0 Å². The van der Waals surface area contributed by atoms with E-state index in [1.807, 2.05) is 58.0 Å². The van der Waals surface area contributed by atoms with Gasteiger partial charge in [-0.15, -0.1) is 0 Å². The Balaban J connectivity index is 1.88. The van der Waals surface area contributed by atoms with Crippen LogP contribution < -0.4 is 10.6 Å². The van der Waals surface area contributed by atoms with Gasteiger partial charge in [-0.25, -0.2) is 9.18 Å². The second kappa shape index (κ2) is 8.12. The first-order valence-electron chi connectivity index (χ1n) is 8.31. The molecule has 0 saturated heterocycles. The summed E-state index contributed by atoms with van der Waals surface area (Å²) in [6.07, 6.45) is -0.480. The molecular weight excluding hydrogens is 319 g/mol. The monoisotopic (exact) mass is 344 g/mol.